The number of hydrogen-bond acceptors (Lipinski definition) is 5. The Labute approximate surface area is 162 Å². The van der Waals surface area contributed by atoms with Gasteiger partial charge in [-0.15, -0.1) is 12.4 Å². The van der Waals surface area contributed by atoms with Crippen LogP contribution in [-0.4, -0.2) is 33.8 Å². The number of amides is 1. The number of oxazole rings is 1. The van der Waals surface area contributed by atoms with Gasteiger partial charge in [-0.1, -0.05) is 0 Å². The first-order valence-corrected chi connectivity index (χ1v) is 9.17. The molecular formula is C19H22ClN5O2. The summed E-state index contributed by atoms with van der Waals surface area (Å²) in [6.07, 6.45) is 7.30. The molecule has 142 valence electrons. The third-order valence-corrected chi connectivity index (χ3v) is 5.38. The van der Waals surface area contributed by atoms with Crippen LogP contribution in [-0.2, 0) is 10.3 Å². The molecule has 2 fully saturated rings. The van der Waals surface area contributed by atoms with Crippen molar-refractivity contribution in [1.29, 1.82) is 0 Å². The van der Waals surface area contributed by atoms with Crippen LogP contribution in [0.25, 0.3) is 11.1 Å². The molecule has 0 spiro atoms. The first-order chi connectivity index (χ1) is 12.7. The number of aromatic nitrogens is 3. The molecule has 5 rings (SSSR count). The molecule has 0 bridgehead atoms. The van der Waals surface area contributed by atoms with Crippen LogP contribution < -0.4 is 10.6 Å². The number of fused-ring (bicyclic) bond motifs is 1. The van der Waals surface area contributed by atoms with E-state index in [1.54, 1.807) is 10.9 Å². The molecule has 0 radical (unpaired) electrons. The zero-order valence-electron chi connectivity index (χ0n) is 14.9. The van der Waals surface area contributed by atoms with E-state index in [9.17, 15) is 4.79 Å². The fourth-order valence-corrected chi connectivity index (χ4v) is 3.70. The number of anilines is 1. The number of hydrogen-bond donors (Lipinski definition) is 2. The van der Waals surface area contributed by atoms with Gasteiger partial charge in [0.1, 0.15) is 11.1 Å². The maximum Gasteiger partial charge on any atom is 0.252 e. The molecule has 2 N–H and O–H groups in total. The summed E-state index contributed by atoms with van der Waals surface area (Å²) in [5.74, 6) is 1.25. The number of nitrogens with zero attached hydrogens (tertiary/aromatic N) is 3. The van der Waals surface area contributed by atoms with Crippen molar-refractivity contribution >= 4 is 35.1 Å². The minimum atomic E-state index is -0.660. The maximum absolute atomic E-state index is 13.2. The Bertz CT molecular complexity index is 942. The highest BCUT2D eigenvalue weighted by atomic mass is 35.5. The first kappa shape index (κ1) is 18.0. The van der Waals surface area contributed by atoms with E-state index >= 15 is 0 Å². The van der Waals surface area contributed by atoms with Crippen molar-refractivity contribution in [2.24, 2.45) is 0 Å². The first-order valence-electron chi connectivity index (χ1n) is 9.17. The number of nitrogens with one attached hydrogen (secondary N) is 2. The van der Waals surface area contributed by atoms with Crippen LogP contribution in [0.1, 0.15) is 37.5 Å². The van der Waals surface area contributed by atoms with E-state index in [-0.39, 0.29) is 18.3 Å². The molecule has 3 heterocycles. The Morgan fingerprint density at radius 2 is 2.11 bits per heavy atom. The van der Waals surface area contributed by atoms with E-state index in [4.69, 9.17) is 4.42 Å². The third-order valence-electron chi connectivity index (χ3n) is 5.38. The molecule has 2 aromatic heterocycles. The largest absolute Gasteiger partial charge is 0.440 e. The predicted molar refractivity (Wildman–Crippen MR) is 104 cm³/mol. The van der Waals surface area contributed by atoms with Crippen molar-refractivity contribution in [3.8, 4) is 0 Å². The van der Waals surface area contributed by atoms with Crippen LogP contribution in [0.5, 0.6) is 0 Å². The number of carbonyl (C=O) groups excluding carboxylic acids is 1. The van der Waals surface area contributed by atoms with E-state index in [0.717, 1.165) is 48.6 Å². The Morgan fingerprint density at radius 3 is 2.81 bits per heavy atom. The van der Waals surface area contributed by atoms with Gasteiger partial charge in [0.05, 0.1) is 0 Å². The zero-order valence-corrected chi connectivity index (χ0v) is 15.7. The smallest absolute Gasteiger partial charge is 0.252 e. The molecule has 27 heavy (non-hydrogen) atoms. The van der Waals surface area contributed by atoms with Gasteiger partial charge in [-0.2, -0.15) is 5.10 Å². The second-order valence-electron chi connectivity index (χ2n) is 7.20. The highest BCUT2D eigenvalue weighted by molar-refractivity contribution is 5.98. The maximum atomic E-state index is 13.2. The summed E-state index contributed by atoms with van der Waals surface area (Å²) in [6, 6.07) is 7.51. The van der Waals surface area contributed by atoms with Crippen LogP contribution in [0.15, 0.2) is 41.1 Å². The summed E-state index contributed by atoms with van der Waals surface area (Å²) in [5, 5.41) is 10.8. The standard InChI is InChI=1S/C19H21N5O2.ClH/c25-18(19(6-9-20-10-7-19)24-11-1-8-21-24)22-14-4-5-16-15(12-14)23-17(26-16)13-2-3-13;/h1,4-5,8,11-13,20H,2-3,6-7,9-10H2,(H,22,25);1H. The Morgan fingerprint density at radius 1 is 1.30 bits per heavy atom. The molecule has 0 atom stereocenters. The van der Waals surface area contributed by atoms with Gasteiger partial charge in [0.15, 0.2) is 11.5 Å². The summed E-state index contributed by atoms with van der Waals surface area (Å²) in [6.45, 7) is 1.58. The number of halogens is 1. The van der Waals surface area contributed by atoms with Crippen molar-refractivity contribution in [2.45, 2.75) is 37.1 Å². The Balaban J connectivity index is 0.00000180. The fourth-order valence-electron chi connectivity index (χ4n) is 3.70. The average Bonchev–Trinajstić information content (AvgIpc) is 3.19. The van der Waals surface area contributed by atoms with E-state index in [2.05, 4.69) is 20.7 Å². The third kappa shape index (κ3) is 3.21. The molecule has 8 heteroatoms. The van der Waals surface area contributed by atoms with Crippen LogP contribution in [0.3, 0.4) is 0 Å². The van der Waals surface area contributed by atoms with E-state index in [1.807, 2.05) is 30.5 Å². The molecule has 1 aliphatic carbocycles. The summed E-state index contributed by atoms with van der Waals surface area (Å²) >= 11 is 0. The van der Waals surface area contributed by atoms with E-state index in [1.165, 1.54) is 0 Å². The van der Waals surface area contributed by atoms with Crippen LogP contribution in [0.2, 0.25) is 0 Å². The molecule has 1 aliphatic heterocycles. The molecule has 1 amide bonds. The quantitative estimate of drug-likeness (QED) is 0.718. The van der Waals surface area contributed by atoms with Gasteiger partial charge in [0.2, 0.25) is 0 Å². The second kappa shape index (κ2) is 6.98. The number of rotatable bonds is 4. The van der Waals surface area contributed by atoms with Crippen molar-refractivity contribution in [3.63, 3.8) is 0 Å². The summed E-state index contributed by atoms with van der Waals surface area (Å²) in [5.41, 5.74) is 1.65. The molecule has 1 saturated heterocycles. The van der Waals surface area contributed by atoms with E-state index < -0.39 is 5.54 Å². The van der Waals surface area contributed by atoms with Gasteiger partial charge in [0, 0.05) is 24.0 Å². The lowest BCUT2D eigenvalue weighted by Crippen LogP contribution is -2.52. The van der Waals surface area contributed by atoms with Gasteiger partial charge < -0.3 is 15.1 Å². The minimum Gasteiger partial charge on any atom is -0.440 e. The highest BCUT2D eigenvalue weighted by Crippen LogP contribution is 2.40. The summed E-state index contributed by atoms with van der Waals surface area (Å²) in [4.78, 5) is 17.8. The van der Waals surface area contributed by atoms with Gasteiger partial charge in [-0.3, -0.25) is 9.48 Å². The fraction of sp³-hybridized carbons (Fsp3) is 0.421. The summed E-state index contributed by atoms with van der Waals surface area (Å²) < 4.78 is 7.60. The molecule has 7 nitrogen and oxygen atoms in total. The number of piperidine rings is 1. The second-order valence-corrected chi connectivity index (χ2v) is 7.20. The molecule has 1 aromatic carbocycles. The van der Waals surface area contributed by atoms with Crippen molar-refractivity contribution in [2.75, 3.05) is 18.4 Å². The summed E-state index contributed by atoms with van der Waals surface area (Å²) in [7, 11) is 0. The minimum absolute atomic E-state index is 0. The average molecular weight is 388 g/mol. The Hall–Kier alpha value is -2.38. The monoisotopic (exact) mass is 387 g/mol. The lowest BCUT2D eigenvalue weighted by molar-refractivity contribution is -0.126. The Kier molecular flexibility index (Phi) is 4.65. The lowest BCUT2D eigenvalue weighted by Gasteiger charge is -2.36. The molecule has 2 aliphatic rings. The van der Waals surface area contributed by atoms with Gasteiger partial charge >= 0.3 is 0 Å². The van der Waals surface area contributed by atoms with Gasteiger partial charge in [-0.25, -0.2) is 4.98 Å². The number of carbonyl (C=O) groups is 1. The van der Waals surface area contributed by atoms with Crippen molar-refractivity contribution in [3.05, 3.63) is 42.5 Å². The van der Waals surface area contributed by atoms with E-state index in [0.29, 0.717) is 18.8 Å². The van der Waals surface area contributed by atoms with Gasteiger partial charge in [-0.05, 0) is 63.0 Å². The molecule has 3 aromatic rings. The highest BCUT2D eigenvalue weighted by Gasteiger charge is 2.42. The van der Waals surface area contributed by atoms with Crippen molar-refractivity contribution in [1.82, 2.24) is 20.1 Å². The topological polar surface area (TPSA) is 85.0 Å². The molecular weight excluding hydrogens is 366 g/mol. The normalized spacial score (nSPS) is 18.8. The van der Waals surface area contributed by atoms with Crippen LogP contribution in [0, 0.1) is 0 Å². The van der Waals surface area contributed by atoms with Crippen molar-refractivity contribution < 1.29 is 9.21 Å². The number of benzene rings is 1. The van der Waals surface area contributed by atoms with Crippen LogP contribution >= 0.6 is 12.4 Å². The molecule has 1 saturated carbocycles. The van der Waals surface area contributed by atoms with Crippen LogP contribution in [0.4, 0.5) is 5.69 Å². The molecule has 0 unspecified atom stereocenters. The van der Waals surface area contributed by atoms with Gasteiger partial charge in [0.25, 0.3) is 5.91 Å². The SMILES string of the molecule is Cl.O=C(Nc1ccc2oc(C3CC3)nc2c1)C1(n2cccn2)CCNCC1. The predicted octanol–water partition coefficient (Wildman–Crippen LogP) is 3.04. The zero-order chi connectivity index (χ0) is 17.6. The lowest BCUT2D eigenvalue weighted by atomic mass is 9.87.